The van der Waals surface area contributed by atoms with Gasteiger partial charge in [0.05, 0.1) is 13.5 Å². The van der Waals surface area contributed by atoms with Gasteiger partial charge in [0.25, 0.3) is 0 Å². The Labute approximate surface area is 79.4 Å². The largest absolute Gasteiger partial charge is 0.469 e. The molecule has 0 spiro atoms. The van der Waals surface area contributed by atoms with Gasteiger partial charge in [0, 0.05) is 13.7 Å². The fourth-order valence-electron chi connectivity index (χ4n) is 1.03. The fraction of sp³-hybridized carbons (Fsp3) is 0.889. The molecule has 4 nitrogen and oxygen atoms in total. The molecule has 0 rings (SSSR count). The Morgan fingerprint density at radius 2 is 2.08 bits per heavy atom. The van der Waals surface area contributed by atoms with Gasteiger partial charge in [0.2, 0.25) is 0 Å². The Balaban J connectivity index is 4.02. The van der Waals surface area contributed by atoms with Gasteiger partial charge in [-0.1, -0.05) is 6.92 Å². The van der Waals surface area contributed by atoms with Gasteiger partial charge in [-0.15, -0.1) is 0 Å². The maximum absolute atomic E-state index is 11.0. The lowest BCUT2D eigenvalue weighted by Gasteiger charge is -2.26. The van der Waals surface area contributed by atoms with E-state index in [9.17, 15) is 4.79 Å². The Morgan fingerprint density at radius 1 is 1.46 bits per heavy atom. The van der Waals surface area contributed by atoms with Crippen LogP contribution in [0.5, 0.6) is 0 Å². The van der Waals surface area contributed by atoms with E-state index >= 15 is 0 Å². The first-order valence-corrected chi connectivity index (χ1v) is 4.34. The Kier molecular flexibility index (Phi) is 5.66. The van der Waals surface area contributed by atoms with Crippen molar-refractivity contribution in [2.75, 3.05) is 27.4 Å². The lowest BCUT2D eigenvalue weighted by atomic mass is 9.84. The molecule has 0 aliphatic carbocycles. The second-order valence-corrected chi connectivity index (χ2v) is 3.51. The fourth-order valence-corrected chi connectivity index (χ4v) is 1.03. The summed E-state index contributed by atoms with van der Waals surface area (Å²) in [6.07, 6.45) is 1.12. The molecular formula is C9H19NO3. The molecule has 0 aromatic carbocycles. The van der Waals surface area contributed by atoms with Crippen LogP contribution in [0.4, 0.5) is 0 Å². The number of carbonyl (C=O) groups excluding carboxylic acids is 1. The highest BCUT2D eigenvalue weighted by atomic mass is 16.5. The minimum atomic E-state index is -0.218. The molecule has 0 aliphatic rings. The second-order valence-electron chi connectivity index (χ2n) is 3.51. The lowest BCUT2D eigenvalue weighted by Crippen LogP contribution is -2.31. The summed E-state index contributed by atoms with van der Waals surface area (Å²) in [4.78, 5) is 11.0. The van der Waals surface area contributed by atoms with Crippen molar-refractivity contribution in [2.45, 2.75) is 19.8 Å². The SMILES string of the molecule is COCCC(C)(CN)CC(=O)OC. The van der Waals surface area contributed by atoms with E-state index in [1.165, 1.54) is 7.11 Å². The van der Waals surface area contributed by atoms with Gasteiger partial charge in [0.15, 0.2) is 0 Å². The summed E-state index contributed by atoms with van der Waals surface area (Å²) in [5.74, 6) is -0.218. The van der Waals surface area contributed by atoms with Crippen molar-refractivity contribution in [3.05, 3.63) is 0 Å². The number of nitrogens with two attached hydrogens (primary N) is 1. The molecule has 0 amide bonds. The first-order chi connectivity index (χ1) is 6.08. The molecule has 0 saturated carbocycles. The standard InChI is InChI=1S/C9H19NO3/c1-9(7-10,4-5-12-2)6-8(11)13-3/h4-7,10H2,1-3H3. The summed E-state index contributed by atoms with van der Waals surface area (Å²) in [6.45, 7) is 3.04. The second kappa shape index (κ2) is 5.94. The quantitative estimate of drug-likeness (QED) is 0.620. The van der Waals surface area contributed by atoms with Crippen LogP contribution >= 0.6 is 0 Å². The van der Waals surface area contributed by atoms with Crippen molar-refractivity contribution in [3.63, 3.8) is 0 Å². The minimum Gasteiger partial charge on any atom is -0.469 e. The predicted octanol–water partition coefficient (Wildman–Crippen LogP) is 0.551. The Morgan fingerprint density at radius 3 is 2.46 bits per heavy atom. The highest BCUT2D eigenvalue weighted by molar-refractivity contribution is 5.70. The van der Waals surface area contributed by atoms with Gasteiger partial charge in [-0.25, -0.2) is 0 Å². The van der Waals surface area contributed by atoms with Crippen LogP contribution in [0.1, 0.15) is 19.8 Å². The van der Waals surface area contributed by atoms with E-state index in [-0.39, 0.29) is 11.4 Å². The van der Waals surface area contributed by atoms with E-state index in [1.807, 2.05) is 6.92 Å². The van der Waals surface area contributed by atoms with Crippen LogP contribution in [0.3, 0.4) is 0 Å². The summed E-state index contributed by atoms with van der Waals surface area (Å²) in [6, 6.07) is 0. The zero-order chi connectivity index (χ0) is 10.3. The molecule has 0 bridgehead atoms. The van der Waals surface area contributed by atoms with Crippen molar-refractivity contribution in [1.29, 1.82) is 0 Å². The third-order valence-corrected chi connectivity index (χ3v) is 2.20. The zero-order valence-corrected chi connectivity index (χ0v) is 8.63. The van der Waals surface area contributed by atoms with Gasteiger partial charge in [0.1, 0.15) is 0 Å². The maximum Gasteiger partial charge on any atom is 0.306 e. The molecule has 0 radical (unpaired) electrons. The normalized spacial score (nSPS) is 15.1. The van der Waals surface area contributed by atoms with Crippen molar-refractivity contribution in [2.24, 2.45) is 11.1 Å². The van der Waals surface area contributed by atoms with Gasteiger partial charge < -0.3 is 15.2 Å². The molecule has 0 fully saturated rings. The molecule has 1 unspecified atom stereocenters. The van der Waals surface area contributed by atoms with E-state index in [4.69, 9.17) is 10.5 Å². The summed E-state index contributed by atoms with van der Waals surface area (Å²) in [5.41, 5.74) is 5.38. The number of esters is 1. The molecule has 4 heteroatoms. The summed E-state index contributed by atoms with van der Waals surface area (Å²) in [7, 11) is 3.02. The summed E-state index contributed by atoms with van der Waals surface area (Å²) < 4.78 is 9.54. The van der Waals surface area contributed by atoms with Gasteiger partial charge >= 0.3 is 5.97 Å². The van der Waals surface area contributed by atoms with E-state index in [2.05, 4.69) is 4.74 Å². The number of methoxy groups -OCH3 is 2. The van der Waals surface area contributed by atoms with Crippen LogP contribution in [-0.4, -0.2) is 33.3 Å². The third kappa shape index (κ3) is 4.85. The molecule has 0 aromatic rings. The molecule has 2 N–H and O–H groups in total. The molecule has 0 saturated heterocycles. The average Bonchev–Trinajstić information content (AvgIpc) is 2.14. The minimum absolute atomic E-state index is 0.205. The number of hydrogen-bond acceptors (Lipinski definition) is 4. The molecule has 0 aliphatic heterocycles. The van der Waals surface area contributed by atoms with Gasteiger partial charge in [-0.05, 0) is 18.4 Å². The van der Waals surface area contributed by atoms with Gasteiger partial charge in [-0.2, -0.15) is 0 Å². The Hall–Kier alpha value is -0.610. The van der Waals surface area contributed by atoms with E-state index in [0.717, 1.165) is 6.42 Å². The molecular weight excluding hydrogens is 170 g/mol. The van der Waals surface area contributed by atoms with Crippen molar-refractivity contribution < 1.29 is 14.3 Å². The van der Waals surface area contributed by atoms with Crippen LogP contribution in [0.15, 0.2) is 0 Å². The molecule has 13 heavy (non-hydrogen) atoms. The van der Waals surface area contributed by atoms with E-state index in [1.54, 1.807) is 7.11 Å². The summed E-state index contributed by atoms with van der Waals surface area (Å²) >= 11 is 0. The molecule has 78 valence electrons. The molecule has 1 atom stereocenters. The number of ether oxygens (including phenoxy) is 2. The zero-order valence-electron chi connectivity index (χ0n) is 8.63. The molecule has 0 heterocycles. The summed E-state index contributed by atoms with van der Waals surface area (Å²) in [5, 5.41) is 0. The van der Waals surface area contributed by atoms with E-state index < -0.39 is 0 Å². The topological polar surface area (TPSA) is 61.5 Å². The van der Waals surface area contributed by atoms with Gasteiger partial charge in [-0.3, -0.25) is 4.79 Å². The lowest BCUT2D eigenvalue weighted by molar-refractivity contribution is -0.143. The van der Waals surface area contributed by atoms with Crippen LogP contribution in [-0.2, 0) is 14.3 Å². The smallest absolute Gasteiger partial charge is 0.306 e. The van der Waals surface area contributed by atoms with Crippen molar-refractivity contribution in [3.8, 4) is 0 Å². The first kappa shape index (κ1) is 12.4. The number of hydrogen-bond donors (Lipinski definition) is 1. The first-order valence-electron chi connectivity index (χ1n) is 4.34. The number of carbonyl (C=O) groups is 1. The van der Waals surface area contributed by atoms with Crippen molar-refractivity contribution in [1.82, 2.24) is 0 Å². The maximum atomic E-state index is 11.0. The highest BCUT2D eigenvalue weighted by Gasteiger charge is 2.26. The Bertz CT molecular complexity index is 161. The highest BCUT2D eigenvalue weighted by Crippen LogP contribution is 2.24. The predicted molar refractivity (Wildman–Crippen MR) is 50.3 cm³/mol. The number of rotatable bonds is 6. The average molecular weight is 189 g/mol. The van der Waals surface area contributed by atoms with Crippen molar-refractivity contribution >= 4 is 5.97 Å². The van der Waals surface area contributed by atoms with Crippen LogP contribution < -0.4 is 5.73 Å². The van der Waals surface area contributed by atoms with Crippen LogP contribution in [0.25, 0.3) is 0 Å². The van der Waals surface area contributed by atoms with Crippen LogP contribution in [0.2, 0.25) is 0 Å². The van der Waals surface area contributed by atoms with E-state index in [0.29, 0.717) is 19.6 Å². The monoisotopic (exact) mass is 189 g/mol. The van der Waals surface area contributed by atoms with Crippen LogP contribution in [0, 0.1) is 5.41 Å². The molecule has 0 aromatic heterocycles. The third-order valence-electron chi connectivity index (χ3n) is 2.20.